The summed E-state index contributed by atoms with van der Waals surface area (Å²) >= 11 is -0.256. The van der Waals surface area contributed by atoms with Crippen molar-refractivity contribution in [1.29, 1.82) is 0 Å². The molecule has 0 spiro atoms. The van der Waals surface area contributed by atoms with Crippen molar-refractivity contribution in [2.45, 2.75) is -3.11 Å². The van der Waals surface area contributed by atoms with Gasteiger partial charge in [-0.05, 0) is 0 Å². The Hall–Kier alpha value is 5.45. The molecule has 0 amide bonds. The van der Waals surface area contributed by atoms with Crippen molar-refractivity contribution < 1.29 is 164 Å². The molecule has 4 N–H and O–H groups in total. The molecule has 1 aliphatic heterocycles. The van der Waals surface area contributed by atoms with Crippen LogP contribution in [0.1, 0.15) is 0 Å². The van der Waals surface area contributed by atoms with Gasteiger partial charge in [0, 0.05) is 0 Å². The molecule has 1 saturated heterocycles. The first-order valence-electron chi connectivity index (χ1n) is 3.60. The fourth-order valence-corrected chi connectivity index (χ4v) is 468. The quantitative estimate of drug-likeness (QED) is 0.289. The van der Waals surface area contributed by atoms with Gasteiger partial charge in [-0.15, -0.1) is 0 Å². The zero-order valence-electron chi connectivity index (χ0n) is 7.21. The molecule has 0 radical (unpaired) electrons. The van der Waals surface area contributed by atoms with Crippen molar-refractivity contribution in [2.24, 2.45) is 0 Å². The molecule has 0 atom stereocenters. The van der Waals surface area contributed by atoms with Crippen LogP contribution in [0.3, 0.4) is 0 Å². The van der Waals surface area contributed by atoms with Gasteiger partial charge in [0.2, 0.25) is 0 Å². The van der Waals surface area contributed by atoms with Crippen molar-refractivity contribution in [2.75, 3.05) is 0 Å². The van der Waals surface area contributed by atoms with Gasteiger partial charge in [0.1, 0.15) is 0 Å². The van der Waals surface area contributed by atoms with Crippen molar-refractivity contribution in [1.82, 2.24) is 0 Å². The van der Waals surface area contributed by atoms with Gasteiger partial charge in [-0.1, -0.05) is 0 Å². The third-order valence-electron chi connectivity index (χ3n) is 1.41. The van der Waals surface area contributed by atoms with Crippen LogP contribution in [-0.2, 0) is 153 Å². The maximum atomic E-state index is 6.07. The number of hydrogen-bond donors (Lipinski definition) is 0. The Morgan fingerprint density at radius 3 is 1.25 bits per heavy atom. The molecule has 1 rings (SSSR count). The first-order chi connectivity index (χ1) is 4.79. The Labute approximate surface area is 156 Å². The second-order valence-electron chi connectivity index (χ2n) is 2.81. The van der Waals surface area contributed by atoms with Gasteiger partial charge in [0.25, 0.3) is 0 Å². The first kappa shape index (κ1) is 19.8. The molecule has 0 aromatic carbocycles. The van der Waals surface area contributed by atoms with Crippen molar-refractivity contribution in [3.05, 3.63) is 0 Å². The monoisotopic (exact) mass is 1310 g/mol. The van der Waals surface area contributed by atoms with Crippen molar-refractivity contribution >= 4 is 0 Å². The van der Waals surface area contributed by atoms with E-state index in [1.165, 1.54) is -3.11 Å². The van der Waals surface area contributed by atoms with E-state index in [0.29, 0.717) is 0 Å². The zero-order chi connectivity index (χ0) is 7.40. The van der Waals surface area contributed by atoms with E-state index in [4.69, 9.17) is 1.10 Å². The molecule has 0 unspecified atom stereocenters. The summed E-state index contributed by atoms with van der Waals surface area (Å²) in [6, 6.07) is 0. The predicted molar refractivity (Wildman–Crippen MR) is 16.9 cm³/mol. The summed E-state index contributed by atoms with van der Waals surface area (Å²) in [6.45, 7) is 0. The van der Waals surface area contributed by atoms with E-state index >= 15 is 0 Å². The maximum absolute atomic E-state index is 6.07. The van der Waals surface area contributed by atoms with Gasteiger partial charge >= 0.3 is 150 Å². The average Bonchev–Trinajstić information content (AvgIpc) is 1.84. The van der Waals surface area contributed by atoms with Crippen LogP contribution in [0.5, 0.6) is 0 Å². The van der Waals surface area contributed by atoms with Crippen LogP contribution in [0.4, 0.5) is 0 Å². The van der Waals surface area contributed by atoms with Crippen LogP contribution < -0.4 is 0 Å². The Morgan fingerprint density at radius 2 is 1.00 bits per heavy atom. The minimum atomic E-state index is -0.610. The van der Waals surface area contributed by atoms with Gasteiger partial charge in [0.15, 0.2) is 0 Å². The summed E-state index contributed by atoms with van der Waals surface area (Å²) in [5.74, 6) is 0. The summed E-state index contributed by atoms with van der Waals surface area (Å²) in [5, 5.41) is 0. The molecular formula is C2H6Hg6O4. The van der Waals surface area contributed by atoms with E-state index in [1.807, 2.05) is 0 Å². The standard InChI is InChI=1S/2CH.6Hg.2H2O.2O/h2*1H;;;;;;;2*1H2;;. The molecule has 4 nitrogen and oxygen atoms in total. The fraction of sp³-hybridized carbons (Fsp3) is 1.00. The van der Waals surface area contributed by atoms with Gasteiger partial charge in [-0.2, -0.15) is 0 Å². The van der Waals surface area contributed by atoms with Gasteiger partial charge in [0.05, 0.1) is 0 Å². The van der Waals surface area contributed by atoms with Crippen LogP contribution in [0, 0.1) is 0 Å². The Bertz CT molecular complexity index is 83.5. The van der Waals surface area contributed by atoms with Crippen LogP contribution >= 0.6 is 0 Å². The Morgan fingerprint density at radius 1 is 0.750 bits per heavy atom. The van der Waals surface area contributed by atoms with E-state index in [-0.39, 0.29) is 11.0 Å². The second-order valence-corrected chi connectivity index (χ2v) is 171. The molecular weight excluding hydrogens is 1290 g/mol. The van der Waals surface area contributed by atoms with Crippen molar-refractivity contribution in [3.63, 3.8) is 0 Å². The Balaban J connectivity index is 0. The molecule has 50 valence electrons. The molecule has 1 fully saturated rings. The summed E-state index contributed by atoms with van der Waals surface area (Å²) in [5.41, 5.74) is 0. The van der Waals surface area contributed by atoms with Crippen LogP contribution in [0.2, 0.25) is -3.11 Å². The molecule has 10 heteroatoms. The summed E-state index contributed by atoms with van der Waals surface area (Å²) in [4.78, 5) is 0. The summed E-state index contributed by atoms with van der Waals surface area (Å²) in [6.07, 6.45) is 0. The Kier molecular flexibility index (Phi) is 21.3. The van der Waals surface area contributed by atoms with Crippen LogP contribution in [-0.4, -0.2) is 11.0 Å². The van der Waals surface area contributed by atoms with E-state index in [1.54, 1.807) is 0 Å². The molecule has 0 aliphatic carbocycles. The molecule has 12 heavy (non-hydrogen) atoms. The normalized spacial score (nSPS) is 25.3. The minimum absolute atomic E-state index is 0. The number of hydrogen-bond acceptors (Lipinski definition) is 2. The van der Waals surface area contributed by atoms with Gasteiger partial charge in [-0.3, -0.25) is 0 Å². The topological polar surface area (TPSA) is 81.5 Å². The average molecular weight is 1300 g/mol. The molecule has 1 aliphatic rings. The summed E-state index contributed by atoms with van der Waals surface area (Å²) in [7, 11) is 0. The van der Waals surface area contributed by atoms with E-state index < -0.39 is 100 Å². The van der Waals surface area contributed by atoms with Gasteiger partial charge < -0.3 is 11.0 Å². The fourth-order valence-electron chi connectivity index (χ4n) is 0.899. The zero-order valence-corrected chi connectivity index (χ0v) is 40.2. The molecule has 0 aromatic rings. The van der Waals surface area contributed by atoms with Gasteiger partial charge in [-0.25, -0.2) is 0 Å². The molecule has 0 saturated carbocycles. The van der Waals surface area contributed by atoms with Crippen molar-refractivity contribution in [3.8, 4) is 0 Å². The molecule has 0 aromatic heterocycles. The van der Waals surface area contributed by atoms with Crippen LogP contribution in [0.25, 0.3) is 0 Å². The SMILES string of the molecule is O.O.[Hg][CH]1[Hg][O][Hg][CH]([Hg])[Hg][O][Hg]1. The molecule has 1 heterocycles. The van der Waals surface area contributed by atoms with E-state index in [9.17, 15) is 0 Å². The first-order valence-corrected chi connectivity index (χ1v) is 31.6. The third kappa shape index (κ3) is 10.6. The summed E-state index contributed by atoms with van der Waals surface area (Å²) < 4.78 is 14.8. The number of rotatable bonds is 0. The third-order valence-corrected chi connectivity index (χ3v) is 109. The molecule has 0 bridgehead atoms. The van der Waals surface area contributed by atoms with E-state index in [0.717, 1.165) is 52.2 Å². The predicted octanol–water partition coefficient (Wildman–Crippen LogP) is -1.13. The second kappa shape index (κ2) is 12.9. The van der Waals surface area contributed by atoms with Crippen LogP contribution in [0.15, 0.2) is 0 Å². The van der Waals surface area contributed by atoms with E-state index in [2.05, 4.69) is 0 Å².